The number of para-hydroxylation sites is 2. The Balaban J connectivity index is 1.86. The van der Waals surface area contributed by atoms with Crippen molar-refractivity contribution in [1.82, 2.24) is 0 Å². The first-order chi connectivity index (χ1) is 10.8. The Morgan fingerprint density at radius 3 is 2.59 bits per heavy atom. The van der Waals surface area contributed by atoms with Crippen molar-refractivity contribution in [3.63, 3.8) is 0 Å². The summed E-state index contributed by atoms with van der Waals surface area (Å²) in [6.07, 6.45) is 4.10. The molecule has 0 unspecified atom stereocenters. The van der Waals surface area contributed by atoms with Crippen LogP contribution >= 0.6 is 0 Å². The molecule has 0 saturated carbocycles. The number of nitrogens with one attached hydrogen (secondary N) is 1. The molecule has 3 nitrogen and oxygen atoms in total. The first kappa shape index (κ1) is 12.9. The highest BCUT2D eigenvalue weighted by atomic mass is 16.1. The van der Waals surface area contributed by atoms with E-state index in [-0.39, 0.29) is 5.78 Å². The first-order valence-corrected chi connectivity index (χ1v) is 7.49. The number of rotatable bonds is 1. The van der Waals surface area contributed by atoms with Gasteiger partial charge in [-0.1, -0.05) is 36.4 Å². The topological polar surface area (TPSA) is 32.3 Å². The van der Waals surface area contributed by atoms with Crippen LogP contribution in [0.1, 0.15) is 22.8 Å². The normalized spacial score (nSPS) is 19.0. The van der Waals surface area contributed by atoms with Gasteiger partial charge in [0.25, 0.3) is 0 Å². The van der Waals surface area contributed by atoms with Gasteiger partial charge in [0.2, 0.25) is 5.78 Å². The number of benzene rings is 2. The van der Waals surface area contributed by atoms with Crippen LogP contribution in [0, 0.1) is 0 Å². The minimum atomic E-state index is 0.0630. The average Bonchev–Trinajstić information content (AvgIpc) is 2.91. The molecule has 0 fully saturated rings. The monoisotopic (exact) mass is 288 g/mol. The molecule has 2 aliphatic rings. The van der Waals surface area contributed by atoms with E-state index in [2.05, 4.69) is 35.3 Å². The summed E-state index contributed by atoms with van der Waals surface area (Å²) in [5.74, 6) is 0.0630. The second kappa shape index (κ2) is 4.88. The van der Waals surface area contributed by atoms with Crippen LogP contribution < -0.4 is 10.2 Å². The van der Waals surface area contributed by atoms with Gasteiger partial charge in [-0.15, -0.1) is 0 Å². The van der Waals surface area contributed by atoms with Gasteiger partial charge < -0.3 is 10.2 Å². The lowest BCUT2D eigenvalue weighted by molar-refractivity contribution is 0.104. The van der Waals surface area contributed by atoms with Gasteiger partial charge in [-0.2, -0.15) is 0 Å². The minimum Gasteiger partial charge on any atom is -0.350 e. The van der Waals surface area contributed by atoms with Gasteiger partial charge in [0.15, 0.2) is 0 Å². The van der Waals surface area contributed by atoms with Crippen LogP contribution in [-0.4, -0.2) is 12.3 Å². The number of carbonyl (C=O) groups excluding carboxylic acids is 1. The molecular formula is C19H16N2O. The quantitative estimate of drug-likeness (QED) is 0.803. The Hall–Kier alpha value is -2.81. The minimum absolute atomic E-state index is 0.0630. The third-order valence-corrected chi connectivity index (χ3v) is 4.17. The molecule has 0 amide bonds. The van der Waals surface area contributed by atoms with Crippen molar-refractivity contribution in [2.75, 3.05) is 16.8 Å². The van der Waals surface area contributed by atoms with E-state index in [1.54, 1.807) is 0 Å². The van der Waals surface area contributed by atoms with Crippen molar-refractivity contribution in [3.05, 3.63) is 77.1 Å². The molecule has 2 aromatic carbocycles. The smallest absolute Gasteiger partial charge is 0.213 e. The fourth-order valence-electron chi connectivity index (χ4n) is 3.12. The van der Waals surface area contributed by atoms with Crippen LogP contribution in [0.3, 0.4) is 0 Å². The van der Waals surface area contributed by atoms with Crippen LogP contribution in [-0.2, 0) is 0 Å². The number of ketones is 1. The molecular weight excluding hydrogens is 272 g/mol. The molecule has 2 aromatic rings. The highest BCUT2D eigenvalue weighted by Crippen LogP contribution is 2.36. The predicted octanol–water partition coefficient (Wildman–Crippen LogP) is 4.06. The number of Topliss-reactive ketones (excluding diaryl/α,β-unsaturated/α-hetero) is 1. The fraction of sp³-hybridized carbons (Fsp3) is 0.105. The summed E-state index contributed by atoms with van der Waals surface area (Å²) in [5, 5.41) is 3.29. The lowest BCUT2D eigenvalue weighted by Gasteiger charge is -2.30. The summed E-state index contributed by atoms with van der Waals surface area (Å²) < 4.78 is 0. The molecule has 22 heavy (non-hydrogen) atoms. The standard InChI is InChI=1S/C19H16N2O/c1-2-21-16-10-6-3-7-13(16)11-12-17(21)18-19(22)14-8-4-5-9-15(14)20-18/h3-12,20H,2H2,1H3. The van der Waals surface area contributed by atoms with Crippen molar-refractivity contribution < 1.29 is 4.79 Å². The van der Waals surface area contributed by atoms with E-state index in [9.17, 15) is 4.79 Å². The number of carbonyl (C=O) groups is 1. The van der Waals surface area contributed by atoms with E-state index in [0.717, 1.165) is 29.2 Å². The van der Waals surface area contributed by atoms with Crippen molar-refractivity contribution >= 4 is 23.2 Å². The maximum Gasteiger partial charge on any atom is 0.213 e. The number of allylic oxidation sites excluding steroid dienone is 2. The Kier molecular flexibility index (Phi) is 2.86. The van der Waals surface area contributed by atoms with Crippen molar-refractivity contribution in [3.8, 4) is 0 Å². The maximum atomic E-state index is 12.7. The van der Waals surface area contributed by atoms with Crippen LogP contribution in [0.15, 0.2) is 66.0 Å². The van der Waals surface area contributed by atoms with Gasteiger partial charge >= 0.3 is 0 Å². The number of anilines is 2. The van der Waals surface area contributed by atoms with E-state index < -0.39 is 0 Å². The summed E-state index contributed by atoms with van der Waals surface area (Å²) >= 11 is 0. The SMILES string of the molecule is CCN1C(=C2Nc3ccccc3C2=O)C=Cc2ccccc21. The maximum absolute atomic E-state index is 12.7. The van der Waals surface area contributed by atoms with Crippen LogP contribution in [0.2, 0.25) is 0 Å². The van der Waals surface area contributed by atoms with Gasteiger partial charge in [0.05, 0.1) is 5.70 Å². The molecule has 1 N–H and O–H groups in total. The molecule has 0 aromatic heterocycles. The lowest BCUT2D eigenvalue weighted by atomic mass is 10.0. The third kappa shape index (κ3) is 1.79. The molecule has 2 heterocycles. The molecule has 0 aliphatic carbocycles. The molecule has 108 valence electrons. The van der Waals surface area contributed by atoms with Crippen LogP contribution in [0.4, 0.5) is 11.4 Å². The zero-order valence-electron chi connectivity index (χ0n) is 12.3. The van der Waals surface area contributed by atoms with Gasteiger partial charge in [0, 0.05) is 23.5 Å². The molecule has 2 aliphatic heterocycles. The summed E-state index contributed by atoms with van der Waals surface area (Å²) in [6.45, 7) is 2.91. The van der Waals surface area contributed by atoms with Crippen molar-refractivity contribution in [2.24, 2.45) is 0 Å². The fourth-order valence-corrected chi connectivity index (χ4v) is 3.12. The van der Waals surface area contributed by atoms with E-state index in [1.807, 2.05) is 42.5 Å². The van der Waals surface area contributed by atoms with E-state index in [4.69, 9.17) is 0 Å². The van der Waals surface area contributed by atoms with Crippen LogP contribution in [0.5, 0.6) is 0 Å². The second-order valence-electron chi connectivity index (χ2n) is 5.40. The predicted molar refractivity (Wildman–Crippen MR) is 89.9 cm³/mol. The molecule has 0 bridgehead atoms. The number of likely N-dealkylation sites (N-methyl/N-ethyl adjacent to an activating group) is 1. The van der Waals surface area contributed by atoms with Crippen molar-refractivity contribution in [2.45, 2.75) is 6.92 Å². The van der Waals surface area contributed by atoms with E-state index in [1.165, 1.54) is 5.56 Å². The number of fused-ring (bicyclic) bond motifs is 2. The van der Waals surface area contributed by atoms with E-state index >= 15 is 0 Å². The lowest BCUT2D eigenvalue weighted by Crippen LogP contribution is -2.27. The Morgan fingerprint density at radius 1 is 1.00 bits per heavy atom. The Labute approximate surface area is 129 Å². The molecule has 0 saturated heterocycles. The van der Waals surface area contributed by atoms with Gasteiger partial charge in [0.1, 0.15) is 5.70 Å². The second-order valence-corrected chi connectivity index (χ2v) is 5.40. The van der Waals surface area contributed by atoms with Gasteiger partial charge in [-0.3, -0.25) is 4.79 Å². The van der Waals surface area contributed by atoms with Crippen LogP contribution in [0.25, 0.3) is 6.08 Å². The summed E-state index contributed by atoms with van der Waals surface area (Å²) in [6, 6.07) is 15.9. The summed E-state index contributed by atoms with van der Waals surface area (Å²) in [7, 11) is 0. The number of nitrogens with zero attached hydrogens (tertiary/aromatic N) is 1. The Morgan fingerprint density at radius 2 is 1.77 bits per heavy atom. The summed E-state index contributed by atoms with van der Waals surface area (Å²) in [4.78, 5) is 14.9. The van der Waals surface area contributed by atoms with Gasteiger partial charge in [-0.25, -0.2) is 0 Å². The average molecular weight is 288 g/mol. The Bertz CT molecular complexity index is 833. The molecule has 4 rings (SSSR count). The molecule has 3 heteroatoms. The highest BCUT2D eigenvalue weighted by molar-refractivity contribution is 6.19. The first-order valence-electron chi connectivity index (χ1n) is 7.49. The molecule has 0 atom stereocenters. The van der Waals surface area contributed by atoms with Gasteiger partial charge in [-0.05, 0) is 36.8 Å². The highest BCUT2D eigenvalue weighted by Gasteiger charge is 2.29. The number of hydrogen-bond acceptors (Lipinski definition) is 3. The van der Waals surface area contributed by atoms with Crippen molar-refractivity contribution in [1.29, 1.82) is 0 Å². The third-order valence-electron chi connectivity index (χ3n) is 4.17. The number of hydrogen-bond donors (Lipinski definition) is 1. The molecule has 0 spiro atoms. The molecule has 0 radical (unpaired) electrons. The zero-order chi connectivity index (χ0) is 15.1. The largest absolute Gasteiger partial charge is 0.350 e. The summed E-state index contributed by atoms with van der Waals surface area (Å²) in [5.41, 5.74) is 5.54. The van der Waals surface area contributed by atoms with E-state index in [0.29, 0.717) is 5.70 Å². The zero-order valence-corrected chi connectivity index (χ0v) is 12.3.